The van der Waals surface area contributed by atoms with Gasteiger partial charge < -0.3 is 5.43 Å². The number of piperidine rings is 1. The molecule has 1 aromatic heterocycles. The normalized spacial score (nSPS) is 17.7. The number of anilines is 1. The van der Waals surface area contributed by atoms with Gasteiger partial charge in [0.25, 0.3) is 0 Å². The molecule has 1 saturated heterocycles. The quantitative estimate of drug-likeness (QED) is 0.895. The highest BCUT2D eigenvalue weighted by atomic mass is 79.9. The van der Waals surface area contributed by atoms with Gasteiger partial charge >= 0.3 is 0 Å². The fourth-order valence-electron chi connectivity index (χ4n) is 1.77. The van der Waals surface area contributed by atoms with Crippen LogP contribution in [0.15, 0.2) is 16.7 Å². The van der Waals surface area contributed by atoms with Crippen molar-refractivity contribution in [2.24, 2.45) is 0 Å². The largest absolute Gasteiger partial charge is 0.303 e. The van der Waals surface area contributed by atoms with Gasteiger partial charge in [-0.05, 0) is 47.3 Å². The van der Waals surface area contributed by atoms with Crippen molar-refractivity contribution in [3.63, 3.8) is 0 Å². The van der Waals surface area contributed by atoms with Crippen LogP contribution in [0, 0.1) is 6.92 Å². The lowest BCUT2D eigenvalue weighted by Gasteiger charge is -2.27. The Hall–Kier alpha value is -0.610. The number of hydrogen-bond acceptors (Lipinski definition) is 3. The molecule has 0 aromatic carbocycles. The average molecular weight is 270 g/mol. The van der Waals surface area contributed by atoms with Crippen LogP contribution >= 0.6 is 15.9 Å². The summed E-state index contributed by atoms with van der Waals surface area (Å²) in [6.45, 7) is 4.32. The molecular weight excluding hydrogens is 254 g/mol. The van der Waals surface area contributed by atoms with Crippen molar-refractivity contribution in [1.82, 2.24) is 9.99 Å². The number of aromatic nitrogens is 1. The molecule has 4 heteroatoms. The molecule has 1 aliphatic rings. The molecule has 0 spiro atoms. The Bertz CT molecular complexity index is 335. The molecule has 0 saturated carbocycles. The van der Waals surface area contributed by atoms with Gasteiger partial charge in [0.2, 0.25) is 0 Å². The van der Waals surface area contributed by atoms with E-state index in [1.165, 1.54) is 24.8 Å². The van der Waals surface area contributed by atoms with Crippen LogP contribution in [0.4, 0.5) is 5.82 Å². The molecule has 3 nitrogen and oxygen atoms in total. The summed E-state index contributed by atoms with van der Waals surface area (Å²) in [4.78, 5) is 4.33. The summed E-state index contributed by atoms with van der Waals surface area (Å²) in [6, 6.07) is 2.07. The van der Waals surface area contributed by atoms with Crippen molar-refractivity contribution in [1.29, 1.82) is 0 Å². The highest BCUT2D eigenvalue weighted by Crippen LogP contribution is 2.18. The van der Waals surface area contributed by atoms with Crippen molar-refractivity contribution in [3.8, 4) is 0 Å². The maximum Gasteiger partial charge on any atom is 0.140 e. The van der Waals surface area contributed by atoms with Gasteiger partial charge in [-0.1, -0.05) is 6.42 Å². The van der Waals surface area contributed by atoms with Gasteiger partial charge in [-0.2, -0.15) is 0 Å². The molecule has 1 fully saturated rings. The van der Waals surface area contributed by atoms with Gasteiger partial charge in [0.15, 0.2) is 0 Å². The number of nitrogens with zero attached hydrogens (tertiary/aromatic N) is 2. The van der Waals surface area contributed by atoms with Gasteiger partial charge in [0, 0.05) is 23.8 Å². The molecule has 0 amide bonds. The molecule has 0 unspecified atom stereocenters. The molecule has 0 radical (unpaired) electrons. The van der Waals surface area contributed by atoms with Crippen molar-refractivity contribution < 1.29 is 0 Å². The number of pyridine rings is 1. The van der Waals surface area contributed by atoms with E-state index in [1.54, 1.807) is 0 Å². The molecule has 0 bridgehead atoms. The van der Waals surface area contributed by atoms with Crippen molar-refractivity contribution >= 4 is 21.7 Å². The van der Waals surface area contributed by atoms with Gasteiger partial charge in [-0.3, -0.25) is 0 Å². The summed E-state index contributed by atoms with van der Waals surface area (Å²) in [5, 5.41) is 2.25. The topological polar surface area (TPSA) is 28.2 Å². The van der Waals surface area contributed by atoms with E-state index in [0.717, 1.165) is 23.4 Å². The maximum absolute atomic E-state index is 4.33. The van der Waals surface area contributed by atoms with E-state index < -0.39 is 0 Å². The first kappa shape index (κ1) is 10.9. The summed E-state index contributed by atoms with van der Waals surface area (Å²) in [5.74, 6) is 0.942. The predicted octanol–water partition coefficient (Wildman–Crippen LogP) is 2.97. The van der Waals surface area contributed by atoms with E-state index in [-0.39, 0.29) is 0 Å². The zero-order valence-corrected chi connectivity index (χ0v) is 10.5. The van der Waals surface area contributed by atoms with Gasteiger partial charge in [0.05, 0.1) is 0 Å². The lowest BCUT2D eigenvalue weighted by atomic mass is 10.2. The van der Waals surface area contributed by atoms with Gasteiger partial charge in [-0.15, -0.1) is 0 Å². The molecule has 1 aliphatic heterocycles. The fourth-order valence-corrected chi connectivity index (χ4v) is 1.99. The number of aryl methyl sites for hydroxylation is 1. The van der Waals surface area contributed by atoms with E-state index in [1.807, 2.05) is 6.20 Å². The standard InChI is InChI=1S/C11H16BrN3/c1-9-7-11(13-8-10(9)12)14-15-5-3-2-4-6-15/h7-8H,2-6H2,1H3,(H,13,14). The molecule has 82 valence electrons. The van der Waals surface area contributed by atoms with Crippen LogP contribution in [0.1, 0.15) is 24.8 Å². The summed E-state index contributed by atoms with van der Waals surface area (Å²) in [7, 11) is 0. The summed E-state index contributed by atoms with van der Waals surface area (Å²) >= 11 is 3.45. The average Bonchev–Trinajstić information content (AvgIpc) is 2.25. The number of hydrazine groups is 1. The minimum Gasteiger partial charge on any atom is -0.303 e. The van der Waals surface area contributed by atoms with E-state index >= 15 is 0 Å². The lowest BCUT2D eigenvalue weighted by Crippen LogP contribution is -2.35. The van der Waals surface area contributed by atoms with Crippen molar-refractivity contribution in [3.05, 3.63) is 22.3 Å². The molecular formula is C11H16BrN3. The van der Waals surface area contributed by atoms with Crippen LogP contribution in [0.25, 0.3) is 0 Å². The third-order valence-corrected chi connectivity index (χ3v) is 3.51. The summed E-state index contributed by atoms with van der Waals surface area (Å²) in [5.41, 5.74) is 4.56. The smallest absolute Gasteiger partial charge is 0.140 e. The van der Waals surface area contributed by atoms with Crippen LogP contribution in [0.3, 0.4) is 0 Å². The maximum atomic E-state index is 4.33. The van der Waals surface area contributed by atoms with E-state index in [0.29, 0.717) is 0 Å². The van der Waals surface area contributed by atoms with Crippen molar-refractivity contribution in [2.45, 2.75) is 26.2 Å². The highest BCUT2D eigenvalue weighted by Gasteiger charge is 2.10. The zero-order chi connectivity index (χ0) is 10.7. The molecule has 0 aliphatic carbocycles. The van der Waals surface area contributed by atoms with Crippen LogP contribution in [0.2, 0.25) is 0 Å². The SMILES string of the molecule is Cc1cc(NN2CCCCC2)ncc1Br. The number of rotatable bonds is 2. The number of hydrogen-bond donors (Lipinski definition) is 1. The first-order chi connectivity index (χ1) is 7.25. The zero-order valence-electron chi connectivity index (χ0n) is 8.96. The van der Waals surface area contributed by atoms with Gasteiger partial charge in [-0.25, -0.2) is 9.99 Å². The van der Waals surface area contributed by atoms with Gasteiger partial charge in [0.1, 0.15) is 5.82 Å². The molecule has 2 heterocycles. The Morgan fingerprint density at radius 3 is 2.73 bits per heavy atom. The van der Waals surface area contributed by atoms with E-state index in [9.17, 15) is 0 Å². The first-order valence-corrected chi connectivity index (χ1v) is 6.19. The molecule has 1 aromatic rings. The van der Waals surface area contributed by atoms with E-state index in [4.69, 9.17) is 0 Å². The Kier molecular flexibility index (Phi) is 3.59. The Labute approximate surface area is 99.0 Å². The number of halogens is 1. The van der Waals surface area contributed by atoms with E-state index in [2.05, 4.69) is 44.3 Å². The fraction of sp³-hybridized carbons (Fsp3) is 0.545. The first-order valence-electron chi connectivity index (χ1n) is 5.39. The van der Waals surface area contributed by atoms with Crippen LogP contribution < -0.4 is 5.43 Å². The molecule has 1 N–H and O–H groups in total. The minimum atomic E-state index is 0.942. The second kappa shape index (κ2) is 4.94. The van der Waals surface area contributed by atoms with Crippen LogP contribution in [-0.4, -0.2) is 23.1 Å². The summed E-state index contributed by atoms with van der Waals surface area (Å²) in [6.07, 6.45) is 5.76. The second-order valence-corrected chi connectivity index (χ2v) is 4.83. The third-order valence-electron chi connectivity index (χ3n) is 2.68. The Morgan fingerprint density at radius 1 is 1.33 bits per heavy atom. The van der Waals surface area contributed by atoms with Crippen LogP contribution in [0.5, 0.6) is 0 Å². The Morgan fingerprint density at radius 2 is 2.07 bits per heavy atom. The lowest BCUT2D eigenvalue weighted by molar-refractivity contribution is 0.272. The minimum absolute atomic E-state index is 0.942. The third kappa shape index (κ3) is 2.92. The predicted molar refractivity (Wildman–Crippen MR) is 65.7 cm³/mol. The summed E-state index contributed by atoms with van der Waals surface area (Å²) < 4.78 is 1.06. The Balaban J connectivity index is 2.00. The molecule has 15 heavy (non-hydrogen) atoms. The second-order valence-electron chi connectivity index (χ2n) is 3.98. The highest BCUT2D eigenvalue weighted by molar-refractivity contribution is 9.10. The molecule has 2 rings (SSSR count). The molecule has 0 atom stereocenters. The van der Waals surface area contributed by atoms with Crippen molar-refractivity contribution in [2.75, 3.05) is 18.5 Å². The monoisotopic (exact) mass is 269 g/mol. The number of nitrogens with one attached hydrogen (secondary N) is 1. The van der Waals surface area contributed by atoms with Crippen LogP contribution in [-0.2, 0) is 0 Å².